The normalized spacial score (nSPS) is 34.4. The van der Waals surface area contributed by atoms with Gasteiger partial charge in [-0.2, -0.15) is 0 Å². The summed E-state index contributed by atoms with van der Waals surface area (Å²) in [6.07, 6.45) is 7.70. The Morgan fingerprint density at radius 2 is 2.00 bits per heavy atom. The molecule has 2 saturated carbocycles. The van der Waals surface area contributed by atoms with Crippen LogP contribution < -0.4 is 5.32 Å². The first-order valence-corrected chi connectivity index (χ1v) is 6.74. The van der Waals surface area contributed by atoms with Gasteiger partial charge in [-0.1, -0.05) is 12.8 Å². The number of rotatable bonds is 1. The summed E-state index contributed by atoms with van der Waals surface area (Å²) in [4.78, 5) is 14.5. The van der Waals surface area contributed by atoms with E-state index in [0.717, 1.165) is 13.1 Å². The summed E-state index contributed by atoms with van der Waals surface area (Å²) in [6.45, 7) is 4.09. The maximum absolute atomic E-state index is 12.3. The molecule has 1 N–H and O–H groups in total. The molecule has 1 aliphatic heterocycles. The van der Waals surface area contributed by atoms with Crippen LogP contribution in [-0.4, -0.2) is 36.0 Å². The number of carbonyl (C=O) groups is 1. The third-order valence-electron chi connectivity index (χ3n) is 4.67. The Kier molecular flexibility index (Phi) is 2.46. The molecule has 3 aliphatic rings. The van der Waals surface area contributed by atoms with Crippen molar-refractivity contribution >= 4 is 5.91 Å². The first kappa shape index (κ1) is 10.6. The lowest BCUT2D eigenvalue weighted by atomic mass is 10.1. The van der Waals surface area contributed by atoms with E-state index in [9.17, 15) is 4.79 Å². The van der Waals surface area contributed by atoms with E-state index in [1.165, 1.54) is 38.5 Å². The van der Waals surface area contributed by atoms with Crippen LogP contribution in [0.1, 0.15) is 45.4 Å². The molecule has 0 aromatic heterocycles. The van der Waals surface area contributed by atoms with Crippen LogP contribution in [0, 0.1) is 5.41 Å². The number of carbonyl (C=O) groups excluding carboxylic acids is 1. The van der Waals surface area contributed by atoms with Crippen LogP contribution in [0.15, 0.2) is 0 Å². The lowest BCUT2D eigenvalue weighted by molar-refractivity contribution is -0.134. The van der Waals surface area contributed by atoms with Gasteiger partial charge in [0.15, 0.2) is 0 Å². The quantitative estimate of drug-likeness (QED) is 0.729. The zero-order valence-electron chi connectivity index (χ0n) is 10.2. The third kappa shape index (κ3) is 1.75. The molecule has 3 nitrogen and oxygen atoms in total. The summed E-state index contributed by atoms with van der Waals surface area (Å²) in [5.74, 6) is 0.343. The largest absolute Gasteiger partial charge is 0.338 e. The maximum Gasteiger partial charge on any atom is 0.239 e. The second-order valence-electron chi connectivity index (χ2n) is 6.01. The second kappa shape index (κ2) is 3.73. The third-order valence-corrected chi connectivity index (χ3v) is 4.67. The van der Waals surface area contributed by atoms with E-state index < -0.39 is 0 Å². The molecule has 1 spiro atoms. The Bertz CT molecular complexity index is 292. The summed E-state index contributed by atoms with van der Waals surface area (Å²) in [5.41, 5.74) is 0.447. The van der Waals surface area contributed by atoms with Crippen molar-refractivity contribution in [2.45, 2.75) is 57.5 Å². The SMILES string of the molecule is CC1NCC2(CC2)CN(C2CCCC2)C1=O. The van der Waals surface area contributed by atoms with Crippen molar-refractivity contribution in [1.29, 1.82) is 0 Å². The monoisotopic (exact) mass is 222 g/mol. The van der Waals surface area contributed by atoms with Crippen LogP contribution in [-0.2, 0) is 4.79 Å². The van der Waals surface area contributed by atoms with Crippen LogP contribution in [0.4, 0.5) is 0 Å². The standard InChI is InChI=1S/C13H22N2O/c1-10-12(16)15(11-4-2-3-5-11)9-13(6-7-13)8-14-10/h10-11,14H,2-9H2,1H3. The Morgan fingerprint density at radius 1 is 1.31 bits per heavy atom. The molecule has 1 unspecified atom stereocenters. The van der Waals surface area contributed by atoms with E-state index in [1.807, 2.05) is 6.92 Å². The van der Waals surface area contributed by atoms with Gasteiger partial charge >= 0.3 is 0 Å². The molecule has 0 aromatic carbocycles. The molecule has 3 heteroatoms. The molecular formula is C13H22N2O. The molecular weight excluding hydrogens is 200 g/mol. The van der Waals surface area contributed by atoms with Gasteiger partial charge in [0.25, 0.3) is 0 Å². The van der Waals surface area contributed by atoms with Crippen LogP contribution in [0.2, 0.25) is 0 Å². The predicted molar refractivity (Wildman–Crippen MR) is 63.1 cm³/mol. The van der Waals surface area contributed by atoms with E-state index in [-0.39, 0.29) is 6.04 Å². The number of amides is 1. The van der Waals surface area contributed by atoms with Gasteiger partial charge in [0.2, 0.25) is 5.91 Å². The minimum atomic E-state index is 0.0283. The Hall–Kier alpha value is -0.570. The fourth-order valence-electron chi connectivity index (χ4n) is 3.24. The number of hydrogen-bond donors (Lipinski definition) is 1. The summed E-state index contributed by atoms with van der Waals surface area (Å²) >= 11 is 0. The number of hydrogen-bond acceptors (Lipinski definition) is 2. The minimum absolute atomic E-state index is 0.0283. The molecule has 0 aromatic rings. The van der Waals surface area contributed by atoms with Gasteiger partial charge in [-0.25, -0.2) is 0 Å². The fourth-order valence-corrected chi connectivity index (χ4v) is 3.24. The van der Waals surface area contributed by atoms with Crippen LogP contribution in [0.5, 0.6) is 0 Å². The summed E-state index contributed by atoms with van der Waals surface area (Å²) < 4.78 is 0. The van der Waals surface area contributed by atoms with Gasteiger partial charge in [-0.05, 0) is 32.6 Å². The van der Waals surface area contributed by atoms with Crippen molar-refractivity contribution < 1.29 is 4.79 Å². The molecule has 3 rings (SSSR count). The molecule has 90 valence electrons. The first-order valence-electron chi connectivity index (χ1n) is 6.74. The van der Waals surface area contributed by atoms with Crippen LogP contribution in [0.3, 0.4) is 0 Å². The maximum atomic E-state index is 12.3. The second-order valence-corrected chi connectivity index (χ2v) is 6.01. The van der Waals surface area contributed by atoms with Gasteiger partial charge in [0.1, 0.15) is 0 Å². The minimum Gasteiger partial charge on any atom is -0.338 e. The van der Waals surface area contributed by atoms with Gasteiger partial charge in [-0.15, -0.1) is 0 Å². The van der Waals surface area contributed by atoms with E-state index in [2.05, 4.69) is 10.2 Å². The average molecular weight is 222 g/mol. The lowest BCUT2D eigenvalue weighted by Gasteiger charge is -2.31. The van der Waals surface area contributed by atoms with Gasteiger partial charge in [-0.3, -0.25) is 4.79 Å². The number of nitrogens with zero attached hydrogens (tertiary/aromatic N) is 1. The highest BCUT2D eigenvalue weighted by Gasteiger charge is 2.48. The van der Waals surface area contributed by atoms with Crippen molar-refractivity contribution in [3.63, 3.8) is 0 Å². The summed E-state index contributed by atoms with van der Waals surface area (Å²) in [7, 11) is 0. The van der Waals surface area contributed by atoms with E-state index in [1.54, 1.807) is 0 Å². The zero-order valence-corrected chi connectivity index (χ0v) is 10.2. The number of nitrogens with one attached hydrogen (secondary N) is 1. The topological polar surface area (TPSA) is 32.3 Å². The molecule has 1 heterocycles. The van der Waals surface area contributed by atoms with Gasteiger partial charge in [0, 0.05) is 24.5 Å². The molecule has 0 bridgehead atoms. The van der Waals surface area contributed by atoms with Gasteiger partial charge in [0.05, 0.1) is 6.04 Å². The Labute approximate surface area is 97.6 Å². The highest BCUT2D eigenvalue weighted by atomic mass is 16.2. The molecule has 16 heavy (non-hydrogen) atoms. The molecule has 3 fully saturated rings. The van der Waals surface area contributed by atoms with Crippen molar-refractivity contribution in [1.82, 2.24) is 10.2 Å². The van der Waals surface area contributed by atoms with Gasteiger partial charge < -0.3 is 10.2 Å². The van der Waals surface area contributed by atoms with Crippen molar-refractivity contribution in [2.75, 3.05) is 13.1 Å². The molecule has 1 amide bonds. The summed E-state index contributed by atoms with van der Waals surface area (Å²) in [5, 5.41) is 3.41. The fraction of sp³-hybridized carbons (Fsp3) is 0.923. The lowest BCUT2D eigenvalue weighted by Crippen LogP contribution is -2.46. The van der Waals surface area contributed by atoms with Crippen molar-refractivity contribution in [3.05, 3.63) is 0 Å². The highest BCUT2D eigenvalue weighted by molar-refractivity contribution is 5.82. The van der Waals surface area contributed by atoms with Crippen LogP contribution >= 0.6 is 0 Å². The smallest absolute Gasteiger partial charge is 0.239 e. The molecule has 1 atom stereocenters. The average Bonchev–Trinajstić information content (AvgIpc) is 2.87. The molecule has 2 aliphatic carbocycles. The Balaban J connectivity index is 1.79. The Morgan fingerprint density at radius 3 is 2.62 bits per heavy atom. The van der Waals surface area contributed by atoms with Crippen molar-refractivity contribution in [2.24, 2.45) is 5.41 Å². The predicted octanol–water partition coefficient (Wildman–Crippen LogP) is 1.53. The van der Waals surface area contributed by atoms with E-state index in [0.29, 0.717) is 17.4 Å². The van der Waals surface area contributed by atoms with E-state index >= 15 is 0 Å². The molecule has 0 radical (unpaired) electrons. The molecule has 1 saturated heterocycles. The first-order chi connectivity index (χ1) is 7.70. The zero-order chi connectivity index (χ0) is 11.2. The summed E-state index contributed by atoms with van der Waals surface area (Å²) in [6, 6.07) is 0.577. The van der Waals surface area contributed by atoms with Crippen molar-refractivity contribution in [3.8, 4) is 0 Å². The highest BCUT2D eigenvalue weighted by Crippen LogP contribution is 2.47. The van der Waals surface area contributed by atoms with E-state index in [4.69, 9.17) is 0 Å². The van der Waals surface area contributed by atoms with Crippen LogP contribution in [0.25, 0.3) is 0 Å².